The monoisotopic (exact) mass is 474 g/mol. The number of piperidine rings is 1. The van der Waals surface area contributed by atoms with Gasteiger partial charge in [-0.25, -0.2) is 4.98 Å². The Hall–Kier alpha value is -2.94. The zero-order chi connectivity index (χ0) is 24.3. The van der Waals surface area contributed by atoms with Crippen molar-refractivity contribution in [3.8, 4) is 0 Å². The van der Waals surface area contributed by atoms with Gasteiger partial charge in [-0.15, -0.1) is 0 Å². The molecule has 0 radical (unpaired) electrons. The number of hydrogen-bond donors (Lipinski definition) is 1. The van der Waals surface area contributed by atoms with E-state index in [9.17, 15) is 4.79 Å². The lowest BCUT2D eigenvalue weighted by Gasteiger charge is -2.43. The SMILES string of the molecule is CO[C@H]1CN(c2ccc3c(c2)CN2[C@H](C)CN(c4cc(=O)n(C)c5ncccc45)C[C@H]32)CC[C@@H]1N. The average Bonchev–Trinajstić information content (AvgIpc) is 3.25. The first-order chi connectivity index (χ1) is 16.9. The number of aryl methyl sites for hydroxylation is 1. The second-order valence-corrected chi connectivity index (χ2v) is 10.3. The van der Waals surface area contributed by atoms with E-state index in [2.05, 4.69) is 50.9 Å². The molecular formula is C27H34N6O2. The van der Waals surface area contributed by atoms with Gasteiger partial charge in [-0.1, -0.05) is 6.07 Å². The van der Waals surface area contributed by atoms with E-state index in [1.54, 1.807) is 31.0 Å². The van der Waals surface area contributed by atoms with Crippen molar-refractivity contribution in [2.45, 2.75) is 44.1 Å². The quantitative estimate of drug-likeness (QED) is 0.624. The largest absolute Gasteiger partial charge is 0.378 e. The van der Waals surface area contributed by atoms with E-state index in [-0.39, 0.29) is 17.7 Å². The van der Waals surface area contributed by atoms with Crippen molar-refractivity contribution < 1.29 is 4.74 Å². The molecule has 4 atom stereocenters. The molecular weight excluding hydrogens is 440 g/mol. The Morgan fingerprint density at radius 2 is 1.97 bits per heavy atom. The molecule has 0 unspecified atom stereocenters. The minimum absolute atomic E-state index is 0.0200. The first-order valence-electron chi connectivity index (χ1n) is 12.6. The maximum absolute atomic E-state index is 12.7. The third kappa shape index (κ3) is 3.71. The van der Waals surface area contributed by atoms with E-state index in [1.165, 1.54) is 16.8 Å². The van der Waals surface area contributed by atoms with Gasteiger partial charge in [0.1, 0.15) is 5.65 Å². The molecule has 35 heavy (non-hydrogen) atoms. The minimum atomic E-state index is -0.0200. The minimum Gasteiger partial charge on any atom is -0.378 e. The van der Waals surface area contributed by atoms with E-state index >= 15 is 0 Å². The summed E-state index contributed by atoms with van der Waals surface area (Å²) in [6.45, 7) is 6.79. The number of nitrogens with two attached hydrogens (primary N) is 1. The third-order valence-corrected chi connectivity index (χ3v) is 8.27. The number of piperazine rings is 1. The summed E-state index contributed by atoms with van der Waals surface area (Å²) >= 11 is 0. The van der Waals surface area contributed by atoms with Crippen LogP contribution < -0.4 is 21.1 Å². The smallest absolute Gasteiger partial charge is 0.253 e. The van der Waals surface area contributed by atoms with Gasteiger partial charge in [0.15, 0.2) is 0 Å². The molecule has 2 N–H and O–H groups in total. The van der Waals surface area contributed by atoms with Gasteiger partial charge in [0.25, 0.3) is 5.56 Å². The molecule has 2 aromatic heterocycles. The highest BCUT2D eigenvalue weighted by atomic mass is 16.5. The second kappa shape index (κ2) is 8.62. The predicted molar refractivity (Wildman–Crippen MR) is 139 cm³/mol. The summed E-state index contributed by atoms with van der Waals surface area (Å²) in [5.41, 5.74) is 12.0. The second-order valence-electron chi connectivity index (χ2n) is 10.3. The molecule has 2 saturated heterocycles. The molecule has 6 rings (SSSR count). The van der Waals surface area contributed by atoms with Gasteiger partial charge in [-0.2, -0.15) is 0 Å². The van der Waals surface area contributed by atoms with Crippen molar-refractivity contribution in [3.63, 3.8) is 0 Å². The molecule has 5 heterocycles. The molecule has 184 valence electrons. The Balaban J connectivity index is 1.31. The maximum atomic E-state index is 12.7. The van der Waals surface area contributed by atoms with E-state index in [0.29, 0.717) is 12.1 Å². The third-order valence-electron chi connectivity index (χ3n) is 8.27. The Labute approximate surface area is 205 Å². The Kier molecular flexibility index (Phi) is 5.55. The molecule has 8 heteroatoms. The number of ether oxygens (including phenoxy) is 1. The van der Waals surface area contributed by atoms with Crippen LogP contribution in [-0.2, 0) is 18.3 Å². The van der Waals surface area contributed by atoms with E-state index in [4.69, 9.17) is 10.5 Å². The van der Waals surface area contributed by atoms with Crippen LogP contribution in [0.5, 0.6) is 0 Å². The highest BCUT2D eigenvalue weighted by Crippen LogP contribution is 2.42. The lowest BCUT2D eigenvalue weighted by Crippen LogP contribution is -2.51. The summed E-state index contributed by atoms with van der Waals surface area (Å²) in [5, 5.41) is 1.03. The fraction of sp³-hybridized carbons (Fsp3) is 0.481. The van der Waals surface area contributed by atoms with Crippen molar-refractivity contribution in [1.29, 1.82) is 0 Å². The summed E-state index contributed by atoms with van der Waals surface area (Å²) in [7, 11) is 3.54. The molecule has 3 aliphatic heterocycles. The summed E-state index contributed by atoms with van der Waals surface area (Å²) in [4.78, 5) is 24.6. The fourth-order valence-electron chi connectivity index (χ4n) is 6.25. The lowest BCUT2D eigenvalue weighted by atomic mass is 9.98. The number of rotatable bonds is 3. The van der Waals surface area contributed by atoms with Crippen molar-refractivity contribution in [2.75, 3.05) is 43.1 Å². The molecule has 1 aromatic carbocycles. The molecule has 0 saturated carbocycles. The summed E-state index contributed by atoms with van der Waals surface area (Å²) in [6, 6.07) is 13.5. The summed E-state index contributed by atoms with van der Waals surface area (Å²) < 4.78 is 7.26. The zero-order valence-corrected chi connectivity index (χ0v) is 20.7. The van der Waals surface area contributed by atoms with Crippen LogP contribution in [0.1, 0.15) is 30.5 Å². The first kappa shape index (κ1) is 22.5. The van der Waals surface area contributed by atoms with Crippen LogP contribution in [0.3, 0.4) is 0 Å². The van der Waals surface area contributed by atoms with Gasteiger partial charge < -0.3 is 20.3 Å². The van der Waals surface area contributed by atoms with Gasteiger partial charge in [-0.05, 0) is 48.7 Å². The number of methoxy groups -OCH3 is 1. The Morgan fingerprint density at radius 1 is 1.11 bits per heavy atom. The molecule has 0 aliphatic carbocycles. The molecule has 0 bridgehead atoms. The molecule has 2 fully saturated rings. The van der Waals surface area contributed by atoms with Crippen molar-refractivity contribution in [3.05, 3.63) is 64.1 Å². The number of nitrogens with zero attached hydrogens (tertiary/aromatic N) is 5. The highest BCUT2D eigenvalue weighted by molar-refractivity contribution is 5.89. The van der Waals surface area contributed by atoms with E-state index < -0.39 is 0 Å². The van der Waals surface area contributed by atoms with Gasteiger partial charge in [-0.3, -0.25) is 14.3 Å². The van der Waals surface area contributed by atoms with Crippen LogP contribution in [0.15, 0.2) is 47.4 Å². The molecule has 8 nitrogen and oxygen atoms in total. The normalized spacial score (nSPS) is 26.7. The predicted octanol–water partition coefficient (Wildman–Crippen LogP) is 2.25. The molecule has 3 aromatic rings. The maximum Gasteiger partial charge on any atom is 0.253 e. The lowest BCUT2D eigenvalue weighted by molar-refractivity contribution is 0.0730. The van der Waals surface area contributed by atoms with Gasteiger partial charge in [0, 0.05) is 82.3 Å². The van der Waals surface area contributed by atoms with Crippen LogP contribution in [0.25, 0.3) is 11.0 Å². The van der Waals surface area contributed by atoms with Gasteiger partial charge in [0.2, 0.25) is 0 Å². The van der Waals surface area contributed by atoms with Crippen molar-refractivity contribution in [1.82, 2.24) is 14.5 Å². The number of fused-ring (bicyclic) bond motifs is 4. The number of pyridine rings is 2. The van der Waals surface area contributed by atoms with Crippen molar-refractivity contribution >= 4 is 22.4 Å². The fourth-order valence-corrected chi connectivity index (χ4v) is 6.25. The van der Waals surface area contributed by atoms with Gasteiger partial charge in [0.05, 0.1) is 17.8 Å². The number of hydrogen-bond acceptors (Lipinski definition) is 7. The molecule has 3 aliphatic rings. The zero-order valence-electron chi connectivity index (χ0n) is 20.7. The van der Waals surface area contributed by atoms with Crippen LogP contribution in [-0.4, -0.2) is 65.9 Å². The number of aromatic nitrogens is 2. The Bertz CT molecular complexity index is 1320. The van der Waals surface area contributed by atoms with Crippen LogP contribution in [0.2, 0.25) is 0 Å². The van der Waals surface area contributed by atoms with Crippen molar-refractivity contribution in [2.24, 2.45) is 12.8 Å². The Morgan fingerprint density at radius 3 is 2.80 bits per heavy atom. The van der Waals surface area contributed by atoms with Gasteiger partial charge >= 0.3 is 0 Å². The topological polar surface area (TPSA) is 79.9 Å². The number of anilines is 2. The van der Waals surface area contributed by atoms with Crippen LogP contribution in [0, 0.1) is 0 Å². The van der Waals surface area contributed by atoms with Crippen LogP contribution >= 0.6 is 0 Å². The number of benzene rings is 1. The molecule has 0 spiro atoms. The molecule has 0 amide bonds. The summed E-state index contributed by atoms with van der Waals surface area (Å²) in [5.74, 6) is 0. The standard InChI is InChI=1S/C27H34N6O2/c1-17-13-32(23-12-26(34)30(2)27-21(23)5-4-9-29-27)15-24-20-7-6-19(11-18(20)14-33(17)24)31-10-8-22(28)25(16-31)35-3/h4-7,9,11-12,17,22,24-25H,8,10,13-16,28H2,1-3H3/t17-,22+,24-,25+/m1/s1. The highest BCUT2D eigenvalue weighted by Gasteiger charge is 2.39. The van der Waals surface area contributed by atoms with E-state index in [0.717, 1.165) is 55.9 Å². The first-order valence-corrected chi connectivity index (χ1v) is 12.6. The average molecular weight is 475 g/mol. The summed E-state index contributed by atoms with van der Waals surface area (Å²) in [6.07, 6.45) is 2.76. The van der Waals surface area contributed by atoms with Crippen LogP contribution in [0.4, 0.5) is 11.4 Å². The van der Waals surface area contributed by atoms with E-state index in [1.807, 2.05) is 6.07 Å².